The molecule has 0 spiro atoms. The Morgan fingerprint density at radius 3 is 2.58 bits per heavy atom. The van der Waals surface area contributed by atoms with Gasteiger partial charge in [0.25, 0.3) is 0 Å². The van der Waals surface area contributed by atoms with Crippen LogP contribution in [-0.4, -0.2) is 12.6 Å². The maximum atomic E-state index is 12.3. The minimum Gasteiger partial charge on any atom is -0.452 e. The lowest BCUT2D eigenvalue weighted by molar-refractivity contribution is -0.145. The smallest absolute Gasteiger partial charge is 0.314 e. The lowest BCUT2D eigenvalue weighted by Crippen LogP contribution is -2.26. The first-order valence-electron chi connectivity index (χ1n) is 6.98. The number of carbonyl (C=O) groups excluding carboxylic acids is 1. The first kappa shape index (κ1) is 13.7. The van der Waals surface area contributed by atoms with Crippen LogP contribution in [0.4, 0.5) is 0 Å². The predicted molar refractivity (Wildman–Crippen MR) is 75.6 cm³/mol. The van der Waals surface area contributed by atoms with Gasteiger partial charge in [0.1, 0.15) is 0 Å². The molecule has 1 aromatic rings. The van der Waals surface area contributed by atoms with E-state index in [-0.39, 0.29) is 18.5 Å². The molecule has 2 rings (SSSR count). The molecule has 0 heterocycles. The van der Waals surface area contributed by atoms with Crippen LogP contribution >= 0.6 is 0 Å². The van der Waals surface area contributed by atoms with Crippen LogP contribution in [0, 0.1) is 18.3 Å². The summed E-state index contributed by atoms with van der Waals surface area (Å²) in [5.74, 6) is 2.43. The van der Waals surface area contributed by atoms with Gasteiger partial charge in [-0.3, -0.25) is 4.79 Å². The van der Waals surface area contributed by atoms with Crippen molar-refractivity contribution in [2.75, 3.05) is 6.61 Å². The standard InChI is InChI=1S/C17H20O2/c1-2-13-19-17(18)16(14-9-5-3-6-10-14)15-11-7-4-8-12-15/h1,3,5-6,9-10,15-16H,4,7-8,11-13H2. The molecule has 1 saturated carbocycles. The molecule has 1 fully saturated rings. The van der Waals surface area contributed by atoms with E-state index in [4.69, 9.17) is 11.2 Å². The zero-order valence-electron chi connectivity index (χ0n) is 11.2. The molecule has 2 heteroatoms. The van der Waals surface area contributed by atoms with Crippen LogP contribution in [0.15, 0.2) is 30.3 Å². The highest BCUT2D eigenvalue weighted by Crippen LogP contribution is 2.36. The third-order valence-electron chi connectivity index (χ3n) is 3.83. The van der Waals surface area contributed by atoms with Gasteiger partial charge in [0.15, 0.2) is 6.61 Å². The maximum absolute atomic E-state index is 12.3. The highest BCUT2D eigenvalue weighted by molar-refractivity contribution is 5.78. The first-order valence-corrected chi connectivity index (χ1v) is 6.98. The summed E-state index contributed by atoms with van der Waals surface area (Å²) in [5, 5.41) is 0. The van der Waals surface area contributed by atoms with E-state index in [1.54, 1.807) is 0 Å². The molecule has 0 amide bonds. The molecule has 1 aliphatic rings. The van der Waals surface area contributed by atoms with Gasteiger partial charge < -0.3 is 4.74 Å². The summed E-state index contributed by atoms with van der Waals surface area (Å²) in [6, 6.07) is 9.93. The molecule has 1 atom stereocenters. The molecule has 1 unspecified atom stereocenters. The molecule has 0 bridgehead atoms. The van der Waals surface area contributed by atoms with Crippen LogP contribution in [0.5, 0.6) is 0 Å². The summed E-state index contributed by atoms with van der Waals surface area (Å²) in [6.07, 6.45) is 11.1. The van der Waals surface area contributed by atoms with Crippen LogP contribution in [0.3, 0.4) is 0 Å². The number of terminal acetylenes is 1. The summed E-state index contributed by atoms with van der Waals surface area (Å²) in [5.41, 5.74) is 1.05. The number of carbonyl (C=O) groups is 1. The Balaban J connectivity index is 2.17. The number of ether oxygens (including phenoxy) is 1. The molecule has 1 aliphatic carbocycles. The van der Waals surface area contributed by atoms with Gasteiger partial charge in [-0.05, 0) is 24.3 Å². The lowest BCUT2D eigenvalue weighted by Gasteiger charge is -2.28. The molecular formula is C17H20O2. The summed E-state index contributed by atoms with van der Waals surface area (Å²) in [7, 11) is 0. The second kappa shape index (κ2) is 6.99. The van der Waals surface area contributed by atoms with E-state index < -0.39 is 0 Å². The van der Waals surface area contributed by atoms with Crippen molar-refractivity contribution in [1.82, 2.24) is 0 Å². The van der Waals surface area contributed by atoms with Crippen molar-refractivity contribution in [2.45, 2.75) is 38.0 Å². The lowest BCUT2D eigenvalue weighted by atomic mass is 9.77. The van der Waals surface area contributed by atoms with E-state index in [0.29, 0.717) is 5.92 Å². The van der Waals surface area contributed by atoms with E-state index in [0.717, 1.165) is 18.4 Å². The summed E-state index contributed by atoms with van der Waals surface area (Å²) in [4.78, 5) is 12.3. The van der Waals surface area contributed by atoms with Crippen LogP contribution < -0.4 is 0 Å². The molecule has 0 aromatic heterocycles. The van der Waals surface area contributed by atoms with Crippen molar-refractivity contribution in [1.29, 1.82) is 0 Å². The van der Waals surface area contributed by atoms with E-state index >= 15 is 0 Å². The molecule has 19 heavy (non-hydrogen) atoms. The zero-order chi connectivity index (χ0) is 13.5. The van der Waals surface area contributed by atoms with Gasteiger partial charge in [-0.1, -0.05) is 55.5 Å². The van der Waals surface area contributed by atoms with E-state index in [9.17, 15) is 4.79 Å². The average molecular weight is 256 g/mol. The highest BCUT2D eigenvalue weighted by atomic mass is 16.5. The Morgan fingerprint density at radius 2 is 1.95 bits per heavy atom. The molecule has 0 saturated heterocycles. The van der Waals surface area contributed by atoms with Crippen LogP contribution in [0.25, 0.3) is 0 Å². The predicted octanol–water partition coefficient (Wildman–Crippen LogP) is 3.53. The summed E-state index contributed by atoms with van der Waals surface area (Å²) in [6.45, 7) is 0.0644. The SMILES string of the molecule is C#CCOC(=O)C(c1ccccc1)C1CCCCC1. The number of benzene rings is 1. The fourth-order valence-corrected chi connectivity index (χ4v) is 2.93. The zero-order valence-corrected chi connectivity index (χ0v) is 11.2. The number of rotatable bonds is 4. The Hall–Kier alpha value is -1.75. The second-order valence-electron chi connectivity index (χ2n) is 5.10. The van der Waals surface area contributed by atoms with Crippen molar-refractivity contribution in [3.63, 3.8) is 0 Å². The number of hydrogen-bond donors (Lipinski definition) is 0. The molecule has 1 aromatic carbocycles. The second-order valence-corrected chi connectivity index (χ2v) is 5.10. The molecule has 0 radical (unpaired) electrons. The number of hydrogen-bond acceptors (Lipinski definition) is 2. The van der Waals surface area contributed by atoms with Gasteiger partial charge in [0.2, 0.25) is 0 Å². The quantitative estimate of drug-likeness (QED) is 0.608. The van der Waals surface area contributed by atoms with Crippen LogP contribution in [-0.2, 0) is 9.53 Å². The van der Waals surface area contributed by atoms with Gasteiger partial charge in [0, 0.05) is 0 Å². The maximum Gasteiger partial charge on any atom is 0.314 e. The minimum atomic E-state index is -0.170. The Morgan fingerprint density at radius 1 is 1.26 bits per heavy atom. The molecule has 2 nitrogen and oxygen atoms in total. The van der Waals surface area contributed by atoms with Gasteiger partial charge in [-0.15, -0.1) is 6.42 Å². The van der Waals surface area contributed by atoms with Crippen molar-refractivity contribution in [3.8, 4) is 12.3 Å². The van der Waals surface area contributed by atoms with Gasteiger partial charge in [-0.25, -0.2) is 0 Å². The van der Waals surface area contributed by atoms with Gasteiger partial charge >= 0.3 is 5.97 Å². The topological polar surface area (TPSA) is 26.3 Å². The van der Waals surface area contributed by atoms with E-state index in [1.807, 2.05) is 30.3 Å². The Bertz CT molecular complexity index is 438. The summed E-state index contributed by atoms with van der Waals surface area (Å²) < 4.78 is 5.19. The third-order valence-corrected chi connectivity index (χ3v) is 3.83. The average Bonchev–Trinajstić information content (AvgIpc) is 2.47. The Labute approximate surface area is 115 Å². The largest absolute Gasteiger partial charge is 0.452 e. The van der Waals surface area contributed by atoms with Gasteiger partial charge in [-0.2, -0.15) is 0 Å². The van der Waals surface area contributed by atoms with Crippen LogP contribution in [0.1, 0.15) is 43.6 Å². The van der Waals surface area contributed by atoms with E-state index in [2.05, 4.69) is 5.92 Å². The van der Waals surface area contributed by atoms with E-state index in [1.165, 1.54) is 19.3 Å². The third kappa shape index (κ3) is 3.61. The monoisotopic (exact) mass is 256 g/mol. The van der Waals surface area contributed by atoms with Crippen LogP contribution in [0.2, 0.25) is 0 Å². The fourth-order valence-electron chi connectivity index (χ4n) is 2.93. The number of esters is 1. The van der Waals surface area contributed by atoms with Crippen molar-refractivity contribution < 1.29 is 9.53 Å². The van der Waals surface area contributed by atoms with Gasteiger partial charge in [0.05, 0.1) is 5.92 Å². The Kier molecular flexibility index (Phi) is 5.03. The molecule has 0 N–H and O–H groups in total. The molecule has 100 valence electrons. The van der Waals surface area contributed by atoms with Crippen molar-refractivity contribution in [3.05, 3.63) is 35.9 Å². The normalized spacial score (nSPS) is 17.4. The molecule has 0 aliphatic heterocycles. The van der Waals surface area contributed by atoms with Crippen molar-refractivity contribution in [2.24, 2.45) is 5.92 Å². The first-order chi connectivity index (χ1) is 9.33. The summed E-state index contributed by atoms with van der Waals surface area (Å²) >= 11 is 0. The molecular weight excluding hydrogens is 236 g/mol. The van der Waals surface area contributed by atoms with Crippen molar-refractivity contribution >= 4 is 5.97 Å². The fraction of sp³-hybridized carbons (Fsp3) is 0.471. The minimum absolute atomic E-state index is 0.0644. The highest BCUT2D eigenvalue weighted by Gasteiger charge is 2.31.